The highest BCUT2D eigenvalue weighted by Crippen LogP contribution is 2.23. The van der Waals surface area contributed by atoms with Gasteiger partial charge in [0.05, 0.1) is 13.2 Å². The van der Waals surface area contributed by atoms with Crippen molar-refractivity contribution in [1.82, 2.24) is 4.90 Å². The average molecular weight is 311 g/mol. The van der Waals surface area contributed by atoms with Gasteiger partial charge in [-0.05, 0) is 22.8 Å². The van der Waals surface area contributed by atoms with E-state index in [1.165, 1.54) is 0 Å². The molecule has 1 amide bonds. The first kappa shape index (κ1) is 15.7. The maximum absolute atomic E-state index is 12.7. The molecule has 1 aliphatic heterocycles. The van der Waals surface area contributed by atoms with Gasteiger partial charge in [0, 0.05) is 25.4 Å². The van der Waals surface area contributed by atoms with Gasteiger partial charge in [-0.15, -0.1) is 0 Å². The van der Waals surface area contributed by atoms with Gasteiger partial charge in [-0.3, -0.25) is 4.79 Å². The Bertz CT molecular complexity index is 687. The van der Waals surface area contributed by atoms with Crippen LogP contribution in [0.1, 0.15) is 12.0 Å². The molecular formula is C19H21NO3. The van der Waals surface area contributed by atoms with Crippen LogP contribution in [0.15, 0.2) is 42.5 Å². The van der Waals surface area contributed by atoms with Crippen molar-refractivity contribution in [3.63, 3.8) is 0 Å². The number of rotatable bonds is 5. The van der Waals surface area contributed by atoms with Crippen LogP contribution in [0.3, 0.4) is 0 Å². The van der Waals surface area contributed by atoms with Crippen LogP contribution in [-0.4, -0.2) is 43.4 Å². The Balaban J connectivity index is 1.83. The maximum Gasteiger partial charge on any atom is 0.226 e. The van der Waals surface area contributed by atoms with Crippen molar-refractivity contribution in [3.05, 3.63) is 48.0 Å². The van der Waals surface area contributed by atoms with Gasteiger partial charge in [-0.1, -0.05) is 42.5 Å². The lowest BCUT2D eigenvalue weighted by Crippen LogP contribution is -2.44. The number of carbonyl (C=O) groups excluding carboxylic acids is 2. The van der Waals surface area contributed by atoms with E-state index >= 15 is 0 Å². The van der Waals surface area contributed by atoms with Gasteiger partial charge in [-0.25, -0.2) is 0 Å². The summed E-state index contributed by atoms with van der Waals surface area (Å²) in [5.41, 5.74) is 1.12. The summed E-state index contributed by atoms with van der Waals surface area (Å²) in [6, 6.07) is 14.3. The Labute approximate surface area is 136 Å². The second kappa shape index (κ2) is 7.38. The lowest BCUT2D eigenvalue weighted by Gasteiger charge is -2.30. The molecule has 120 valence electrons. The lowest BCUT2D eigenvalue weighted by atomic mass is 9.92. The highest BCUT2D eigenvalue weighted by Gasteiger charge is 2.26. The molecule has 4 nitrogen and oxygen atoms in total. The zero-order valence-electron chi connectivity index (χ0n) is 13.1. The predicted molar refractivity (Wildman–Crippen MR) is 89.2 cm³/mol. The summed E-state index contributed by atoms with van der Waals surface area (Å²) in [6.45, 7) is 2.38. The molecule has 1 aliphatic rings. The molecule has 0 bridgehead atoms. The van der Waals surface area contributed by atoms with Crippen LogP contribution < -0.4 is 0 Å². The van der Waals surface area contributed by atoms with Gasteiger partial charge in [0.2, 0.25) is 5.91 Å². The normalized spacial score (nSPS) is 16.3. The van der Waals surface area contributed by atoms with Crippen molar-refractivity contribution >= 4 is 23.0 Å². The third-order valence-electron chi connectivity index (χ3n) is 4.40. The summed E-state index contributed by atoms with van der Waals surface area (Å²) in [6.07, 6.45) is 1.71. The number of carbonyl (C=O) groups is 2. The van der Waals surface area contributed by atoms with E-state index in [2.05, 4.69) is 18.2 Å². The van der Waals surface area contributed by atoms with Gasteiger partial charge in [-0.2, -0.15) is 0 Å². The molecule has 0 spiro atoms. The molecule has 0 aliphatic carbocycles. The van der Waals surface area contributed by atoms with Crippen LogP contribution in [-0.2, 0) is 20.7 Å². The Morgan fingerprint density at radius 1 is 1.13 bits per heavy atom. The van der Waals surface area contributed by atoms with Crippen molar-refractivity contribution in [2.75, 3.05) is 26.3 Å². The summed E-state index contributed by atoms with van der Waals surface area (Å²) < 4.78 is 5.30. The van der Waals surface area contributed by atoms with E-state index in [0.717, 1.165) is 22.6 Å². The molecule has 1 atom stereocenters. The largest absolute Gasteiger partial charge is 0.378 e. The van der Waals surface area contributed by atoms with Crippen molar-refractivity contribution in [1.29, 1.82) is 0 Å². The van der Waals surface area contributed by atoms with Crippen LogP contribution >= 0.6 is 0 Å². The smallest absolute Gasteiger partial charge is 0.226 e. The molecule has 2 aromatic carbocycles. The average Bonchev–Trinajstić information content (AvgIpc) is 2.62. The number of hydrogen-bond donors (Lipinski definition) is 0. The van der Waals surface area contributed by atoms with E-state index < -0.39 is 0 Å². The number of hydrogen-bond acceptors (Lipinski definition) is 3. The quantitative estimate of drug-likeness (QED) is 0.797. The zero-order valence-corrected chi connectivity index (χ0v) is 13.1. The fourth-order valence-electron chi connectivity index (χ4n) is 3.17. The van der Waals surface area contributed by atoms with Crippen LogP contribution in [0.25, 0.3) is 10.8 Å². The molecule has 23 heavy (non-hydrogen) atoms. The van der Waals surface area contributed by atoms with Crippen molar-refractivity contribution in [3.8, 4) is 0 Å². The highest BCUT2D eigenvalue weighted by atomic mass is 16.5. The van der Waals surface area contributed by atoms with Crippen LogP contribution in [0.5, 0.6) is 0 Å². The molecule has 1 unspecified atom stereocenters. The Hall–Kier alpha value is -2.20. The van der Waals surface area contributed by atoms with Gasteiger partial charge in [0.25, 0.3) is 0 Å². The third kappa shape index (κ3) is 3.59. The van der Waals surface area contributed by atoms with E-state index in [0.29, 0.717) is 32.7 Å². The van der Waals surface area contributed by atoms with Crippen molar-refractivity contribution in [2.24, 2.45) is 5.92 Å². The minimum Gasteiger partial charge on any atom is -0.378 e. The van der Waals surface area contributed by atoms with Crippen molar-refractivity contribution in [2.45, 2.75) is 12.8 Å². The number of amides is 1. The van der Waals surface area contributed by atoms with Gasteiger partial charge < -0.3 is 14.4 Å². The molecule has 1 saturated heterocycles. The summed E-state index contributed by atoms with van der Waals surface area (Å²) >= 11 is 0. The molecule has 0 saturated carbocycles. The van der Waals surface area contributed by atoms with Crippen LogP contribution in [0.2, 0.25) is 0 Å². The van der Waals surface area contributed by atoms with E-state index in [1.54, 1.807) is 0 Å². The fourth-order valence-corrected chi connectivity index (χ4v) is 3.17. The number of nitrogens with zero attached hydrogens (tertiary/aromatic N) is 1. The fraction of sp³-hybridized carbons (Fsp3) is 0.368. The number of aldehydes is 1. The monoisotopic (exact) mass is 311 g/mol. The summed E-state index contributed by atoms with van der Waals surface area (Å²) in [5, 5.41) is 2.31. The highest BCUT2D eigenvalue weighted by molar-refractivity contribution is 5.87. The molecular weight excluding hydrogens is 290 g/mol. The minimum atomic E-state index is -0.295. The topological polar surface area (TPSA) is 46.6 Å². The summed E-state index contributed by atoms with van der Waals surface area (Å²) in [4.78, 5) is 25.6. The number of benzene rings is 2. The lowest BCUT2D eigenvalue weighted by molar-refractivity contribution is -0.140. The van der Waals surface area contributed by atoms with E-state index in [9.17, 15) is 9.59 Å². The van der Waals surface area contributed by atoms with Crippen molar-refractivity contribution < 1.29 is 14.3 Å². The van der Waals surface area contributed by atoms with Gasteiger partial charge in [0.15, 0.2) is 0 Å². The maximum atomic E-state index is 12.7. The summed E-state index contributed by atoms with van der Waals surface area (Å²) in [5.74, 6) is -0.232. The standard InChI is InChI=1S/C19H21NO3/c21-11-8-17(19(22)20-9-12-23-13-10-20)14-16-6-3-5-15-4-1-2-7-18(15)16/h1-7,11,17H,8-10,12-14H2. The van der Waals surface area contributed by atoms with E-state index in [4.69, 9.17) is 4.74 Å². The van der Waals surface area contributed by atoms with E-state index in [1.807, 2.05) is 29.2 Å². The molecule has 1 heterocycles. The molecule has 4 heteroatoms. The number of fused-ring (bicyclic) bond motifs is 1. The molecule has 0 N–H and O–H groups in total. The number of ether oxygens (including phenoxy) is 1. The molecule has 2 aromatic rings. The first-order valence-electron chi connectivity index (χ1n) is 8.06. The molecule has 0 aromatic heterocycles. The van der Waals surface area contributed by atoms with E-state index in [-0.39, 0.29) is 18.2 Å². The number of morpholine rings is 1. The molecule has 3 rings (SSSR count). The molecule has 0 radical (unpaired) electrons. The minimum absolute atomic E-state index is 0.0633. The van der Waals surface area contributed by atoms with Crippen LogP contribution in [0, 0.1) is 5.92 Å². The van der Waals surface area contributed by atoms with Gasteiger partial charge in [0.1, 0.15) is 6.29 Å². The Kier molecular flexibility index (Phi) is 5.03. The van der Waals surface area contributed by atoms with Crippen LogP contribution in [0.4, 0.5) is 0 Å². The molecule has 1 fully saturated rings. The Morgan fingerprint density at radius 3 is 2.65 bits per heavy atom. The Morgan fingerprint density at radius 2 is 1.87 bits per heavy atom. The summed E-state index contributed by atoms with van der Waals surface area (Å²) in [7, 11) is 0. The predicted octanol–water partition coefficient (Wildman–Crippen LogP) is 2.45. The second-order valence-electron chi connectivity index (χ2n) is 5.88. The first-order valence-corrected chi connectivity index (χ1v) is 8.06. The first-order chi connectivity index (χ1) is 11.3. The SMILES string of the molecule is O=CCC(Cc1cccc2ccccc12)C(=O)N1CCOCC1. The zero-order chi connectivity index (χ0) is 16.1. The van der Waals surface area contributed by atoms with Gasteiger partial charge >= 0.3 is 0 Å². The second-order valence-corrected chi connectivity index (χ2v) is 5.88. The third-order valence-corrected chi connectivity index (χ3v) is 4.40.